The van der Waals surface area contributed by atoms with E-state index in [0.717, 1.165) is 13.0 Å². The predicted octanol–water partition coefficient (Wildman–Crippen LogP) is 2.22. The van der Waals surface area contributed by atoms with Gasteiger partial charge in [-0.05, 0) is 42.6 Å². The third-order valence-corrected chi connectivity index (χ3v) is 4.38. The number of hydrogen-bond acceptors (Lipinski definition) is 4. The van der Waals surface area contributed by atoms with Crippen molar-refractivity contribution in [3.8, 4) is 11.5 Å². The Balaban J connectivity index is 1.65. The van der Waals surface area contributed by atoms with Crippen LogP contribution >= 0.6 is 0 Å². The molecule has 3 rings (SSSR count). The lowest BCUT2D eigenvalue weighted by Crippen LogP contribution is -2.35. The fraction of sp³-hybridized carbons (Fsp3) is 0.412. The van der Waals surface area contributed by atoms with Crippen molar-refractivity contribution >= 4 is 5.91 Å². The molecule has 0 saturated carbocycles. The zero-order valence-corrected chi connectivity index (χ0v) is 13.1. The molecule has 1 amide bonds. The maximum Gasteiger partial charge on any atom is 0.228 e. The number of nitrogens with zero attached hydrogens (tertiary/aromatic N) is 2. The molecule has 1 fully saturated rings. The van der Waals surface area contributed by atoms with E-state index >= 15 is 0 Å². The summed E-state index contributed by atoms with van der Waals surface area (Å²) in [4.78, 5) is 18.5. The zero-order valence-electron chi connectivity index (χ0n) is 13.1. The van der Waals surface area contributed by atoms with Crippen LogP contribution in [0.15, 0.2) is 34.9 Å². The van der Waals surface area contributed by atoms with E-state index in [1.54, 1.807) is 12.1 Å². The molecule has 2 heterocycles. The Bertz CT molecular complexity index is 698. The summed E-state index contributed by atoms with van der Waals surface area (Å²) in [5.41, 5.74) is 7.04. The van der Waals surface area contributed by atoms with Crippen LogP contribution in [0.4, 0.5) is 4.39 Å². The van der Waals surface area contributed by atoms with Gasteiger partial charge >= 0.3 is 0 Å². The van der Waals surface area contributed by atoms with Crippen molar-refractivity contribution in [2.75, 3.05) is 19.6 Å². The molecule has 5 nitrogen and oxygen atoms in total. The zero-order chi connectivity index (χ0) is 16.4. The third-order valence-electron chi connectivity index (χ3n) is 4.38. The number of hydrogen-bond donors (Lipinski definition) is 1. The third kappa shape index (κ3) is 3.42. The first kappa shape index (κ1) is 15.7. The smallest absolute Gasteiger partial charge is 0.228 e. The Morgan fingerprint density at radius 1 is 1.43 bits per heavy atom. The Labute approximate surface area is 134 Å². The van der Waals surface area contributed by atoms with Gasteiger partial charge in [-0.1, -0.05) is 6.92 Å². The van der Waals surface area contributed by atoms with Gasteiger partial charge in [0.2, 0.25) is 11.8 Å². The largest absolute Gasteiger partial charge is 0.444 e. The van der Waals surface area contributed by atoms with Crippen LogP contribution in [0.2, 0.25) is 0 Å². The van der Waals surface area contributed by atoms with Gasteiger partial charge in [-0.15, -0.1) is 0 Å². The average Bonchev–Trinajstić information content (AvgIpc) is 3.16. The molecule has 0 radical (unpaired) electrons. The lowest BCUT2D eigenvalue weighted by Gasteiger charge is -2.22. The first-order chi connectivity index (χ1) is 11.0. The number of amides is 1. The van der Waals surface area contributed by atoms with Crippen LogP contribution in [0, 0.1) is 11.2 Å². The van der Waals surface area contributed by atoms with Crippen molar-refractivity contribution in [2.24, 2.45) is 11.1 Å². The standard InChI is InChI=1S/C17H20FN3O2/c1-17(10-19)6-7-21(11-17)15(22)8-14-9-23-16(20-14)12-2-4-13(18)5-3-12/h2-5,9H,6-8,10-11,19H2,1H3. The van der Waals surface area contributed by atoms with Crippen molar-refractivity contribution in [2.45, 2.75) is 19.8 Å². The van der Waals surface area contributed by atoms with Crippen molar-refractivity contribution < 1.29 is 13.6 Å². The van der Waals surface area contributed by atoms with Gasteiger partial charge in [0, 0.05) is 18.7 Å². The molecule has 0 spiro atoms. The molecular formula is C17H20FN3O2. The van der Waals surface area contributed by atoms with Gasteiger partial charge in [0.05, 0.1) is 12.1 Å². The number of rotatable bonds is 4. The van der Waals surface area contributed by atoms with Crippen molar-refractivity contribution in [1.29, 1.82) is 0 Å². The second-order valence-electron chi connectivity index (χ2n) is 6.41. The fourth-order valence-electron chi connectivity index (χ4n) is 2.78. The van der Waals surface area contributed by atoms with Gasteiger partial charge in [0.15, 0.2) is 0 Å². The van der Waals surface area contributed by atoms with Crippen LogP contribution in [0.5, 0.6) is 0 Å². The molecule has 1 saturated heterocycles. The minimum absolute atomic E-state index is 0.0127. The maximum absolute atomic E-state index is 12.9. The lowest BCUT2D eigenvalue weighted by atomic mass is 9.90. The van der Waals surface area contributed by atoms with Crippen LogP contribution < -0.4 is 5.73 Å². The molecule has 23 heavy (non-hydrogen) atoms. The number of oxazole rings is 1. The molecule has 1 aliphatic heterocycles. The fourth-order valence-corrected chi connectivity index (χ4v) is 2.78. The van der Waals surface area contributed by atoms with Gasteiger partial charge in [0.1, 0.15) is 12.1 Å². The van der Waals surface area contributed by atoms with Crippen LogP contribution in [0.1, 0.15) is 19.0 Å². The monoisotopic (exact) mass is 317 g/mol. The minimum Gasteiger partial charge on any atom is -0.444 e. The number of carbonyl (C=O) groups is 1. The SMILES string of the molecule is CC1(CN)CCN(C(=O)Cc2coc(-c3ccc(F)cc3)n2)C1. The number of likely N-dealkylation sites (tertiary alicyclic amines) is 1. The Morgan fingerprint density at radius 2 is 2.17 bits per heavy atom. The summed E-state index contributed by atoms with van der Waals surface area (Å²) in [5.74, 6) is 0.106. The number of halogens is 1. The van der Waals surface area contributed by atoms with Crippen LogP contribution in [-0.4, -0.2) is 35.4 Å². The maximum atomic E-state index is 12.9. The molecule has 6 heteroatoms. The summed E-state index contributed by atoms with van der Waals surface area (Å²) in [5, 5.41) is 0. The van der Waals surface area contributed by atoms with E-state index < -0.39 is 0 Å². The Kier molecular flexibility index (Phi) is 4.17. The molecule has 1 unspecified atom stereocenters. The molecule has 0 aliphatic carbocycles. The summed E-state index contributed by atoms with van der Waals surface area (Å²) < 4.78 is 18.3. The van der Waals surface area contributed by atoms with E-state index in [0.29, 0.717) is 30.2 Å². The van der Waals surface area contributed by atoms with Gasteiger partial charge in [-0.25, -0.2) is 9.37 Å². The molecule has 2 N–H and O–H groups in total. The van der Waals surface area contributed by atoms with E-state index in [1.807, 2.05) is 4.90 Å². The second kappa shape index (κ2) is 6.12. The van der Waals surface area contributed by atoms with Crippen LogP contribution in [0.25, 0.3) is 11.5 Å². The van der Waals surface area contributed by atoms with Gasteiger partial charge in [0.25, 0.3) is 0 Å². The summed E-state index contributed by atoms with van der Waals surface area (Å²) in [6.45, 7) is 4.10. The highest BCUT2D eigenvalue weighted by Crippen LogP contribution is 2.29. The van der Waals surface area contributed by atoms with E-state index in [4.69, 9.17) is 10.2 Å². The molecule has 1 atom stereocenters. The predicted molar refractivity (Wildman–Crippen MR) is 84.0 cm³/mol. The van der Waals surface area contributed by atoms with Crippen LogP contribution in [-0.2, 0) is 11.2 Å². The summed E-state index contributed by atoms with van der Waals surface area (Å²) in [6.07, 6.45) is 2.61. The summed E-state index contributed by atoms with van der Waals surface area (Å²) >= 11 is 0. The highest BCUT2D eigenvalue weighted by molar-refractivity contribution is 5.78. The highest BCUT2D eigenvalue weighted by atomic mass is 19.1. The van der Waals surface area contributed by atoms with Gasteiger partial charge in [-0.3, -0.25) is 4.79 Å². The number of carbonyl (C=O) groups excluding carboxylic acids is 1. The average molecular weight is 317 g/mol. The van der Waals surface area contributed by atoms with Gasteiger partial charge < -0.3 is 15.1 Å². The number of benzene rings is 1. The highest BCUT2D eigenvalue weighted by Gasteiger charge is 2.34. The van der Waals surface area contributed by atoms with Gasteiger partial charge in [-0.2, -0.15) is 0 Å². The second-order valence-corrected chi connectivity index (χ2v) is 6.41. The van der Waals surface area contributed by atoms with Crippen LogP contribution in [0.3, 0.4) is 0 Å². The topological polar surface area (TPSA) is 72.4 Å². The Morgan fingerprint density at radius 3 is 2.83 bits per heavy atom. The van der Waals surface area contributed by atoms with E-state index in [2.05, 4.69) is 11.9 Å². The normalized spacial score (nSPS) is 20.9. The quantitative estimate of drug-likeness (QED) is 0.938. The summed E-state index contributed by atoms with van der Waals surface area (Å²) in [6, 6.07) is 5.89. The minimum atomic E-state index is -0.312. The van der Waals surface area contributed by atoms with Crippen molar-refractivity contribution in [1.82, 2.24) is 9.88 Å². The molecule has 2 aromatic rings. The molecular weight excluding hydrogens is 297 g/mol. The van der Waals surface area contributed by atoms with Crippen molar-refractivity contribution in [3.63, 3.8) is 0 Å². The number of aromatic nitrogens is 1. The first-order valence-electron chi connectivity index (χ1n) is 7.67. The molecule has 0 bridgehead atoms. The molecule has 1 aromatic carbocycles. The number of nitrogens with two attached hydrogens (primary N) is 1. The van der Waals surface area contributed by atoms with E-state index in [1.165, 1.54) is 18.4 Å². The van der Waals surface area contributed by atoms with E-state index in [9.17, 15) is 9.18 Å². The van der Waals surface area contributed by atoms with E-state index in [-0.39, 0.29) is 23.6 Å². The van der Waals surface area contributed by atoms with Crippen molar-refractivity contribution in [3.05, 3.63) is 42.0 Å². The molecule has 122 valence electrons. The Hall–Kier alpha value is -2.21. The molecule has 1 aromatic heterocycles. The lowest BCUT2D eigenvalue weighted by molar-refractivity contribution is -0.129. The molecule has 1 aliphatic rings. The summed E-state index contributed by atoms with van der Waals surface area (Å²) in [7, 11) is 0. The first-order valence-corrected chi connectivity index (χ1v) is 7.67.